The second kappa shape index (κ2) is 4.70. The van der Waals surface area contributed by atoms with Crippen LogP contribution in [0.1, 0.15) is 12.8 Å². The number of aromatic nitrogens is 2. The van der Waals surface area contributed by atoms with E-state index in [0.29, 0.717) is 12.5 Å². The van der Waals surface area contributed by atoms with Crippen LogP contribution in [-0.4, -0.2) is 9.13 Å². The maximum Gasteiger partial charge on any atom is 0.320 e. The van der Waals surface area contributed by atoms with Gasteiger partial charge in [-0.25, -0.2) is 8.78 Å². The highest BCUT2D eigenvalue weighted by Gasteiger charge is 2.22. The van der Waals surface area contributed by atoms with E-state index in [-0.39, 0.29) is 5.69 Å². The molecule has 1 fully saturated rings. The Balaban J connectivity index is 2.05. The van der Waals surface area contributed by atoms with Crippen LogP contribution in [0.15, 0.2) is 40.2 Å². The summed E-state index contributed by atoms with van der Waals surface area (Å²) in [4.78, 5) is 23.9. The Morgan fingerprint density at radius 2 is 1.80 bits per heavy atom. The lowest BCUT2D eigenvalue weighted by atomic mass is 10.3. The fourth-order valence-electron chi connectivity index (χ4n) is 2.07. The zero-order valence-corrected chi connectivity index (χ0v) is 10.6. The summed E-state index contributed by atoms with van der Waals surface area (Å²) in [6.45, 7) is 0.534. The third-order valence-corrected chi connectivity index (χ3v) is 3.39. The Morgan fingerprint density at radius 3 is 2.45 bits per heavy atom. The SMILES string of the molecule is O=c1c(=O)n(-c2ccc(F)c(F)c2)ccn1CC1CC1. The van der Waals surface area contributed by atoms with Gasteiger partial charge in [-0.1, -0.05) is 0 Å². The van der Waals surface area contributed by atoms with Crippen molar-refractivity contribution < 1.29 is 8.78 Å². The number of benzene rings is 1. The standard InChI is InChI=1S/C14H12F2N2O2/c15-11-4-3-10(7-12(11)16)18-6-5-17(8-9-1-2-9)13(19)14(18)20/h3-7,9H,1-2,8H2. The maximum atomic E-state index is 13.2. The Morgan fingerprint density at radius 1 is 1.05 bits per heavy atom. The first-order valence-corrected chi connectivity index (χ1v) is 6.34. The fourth-order valence-corrected chi connectivity index (χ4v) is 2.07. The van der Waals surface area contributed by atoms with Crippen molar-refractivity contribution in [3.8, 4) is 5.69 Å². The van der Waals surface area contributed by atoms with Gasteiger partial charge in [0.25, 0.3) is 0 Å². The minimum atomic E-state index is -1.06. The van der Waals surface area contributed by atoms with Crippen LogP contribution in [-0.2, 0) is 6.54 Å². The molecule has 2 aromatic rings. The smallest absolute Gasteiger partial charge is 0.309 e. The highest BCUT2D eigenvalue weighted by atomic mass is 19.2. The topological polar surface area (TPSA) is 44.0 Å². The molecule has 0 atom stereocenters. The Labute approximate surface area is 112 Å². The number of hydrogen-bond donors (Lipinski definition) is 0. The molecule has 0 saturated heterocycles. The molecule has 20 heavy (non-hydrogen) atoms. The molecule has 1 saturated carbocycles. The molecule has 104 valence electrons. The Bertz CT molecular complexity index is 775. The molecule has 0 spiro atoms. The highest BCUT2D eigenvalue weighted by molar-refractivity contribution is 5.32. The normalized spacial score (nSPS) is 14.5. The van der Waals surface area contributed by atoms with Gasteiger partial charge < -0.3 is 4.57 Å². The van der Waals surface area contributed by atoms with Gasteiger partial charge >= 0.3 is 11.1 Å². The number of rotatable bonds is 3. The molecular formula is C14H12F2N2O2. The minimum absolute atomic E-state index is 0.129. The quantitative estimate of drug-likeness (QED) is 0.802. The van der Waals surface area contributed by atoms with E-state index < -0.39 is 22.8 Å². The highest BCUT2D eigenvalue weighted by Crippen LogP contribution is 2.29. The lowest BCUT2D eigenvalue weighted by Gasteiger charge is -2.08. The monoisotopic (exact) mass is 278 g/mol. The van der Waals surface area contributed by atoms with Crippen LogP contribution in [0.3, 0.4) is 0 Å². The van der Waals surface area contributed by atoms with Crippen molar-refractivity contribution >= 4 is 0 Å². The van der Waals surface area contributed by atoms with Gasteiger partial charge in [-0.2, -0.15) is 0 Å². The second-order valence-electron chi connectivity index (χ2n) is 4.97. The summed E-state index contributed by atoms with van der Waals surface area (Å²) >= 11 is 0. The molecule has 1 aromatic carbocycles. The molecule has 0 aliphatic heterocycles. The predicted molar refractivity (Wildman–Crippen MR) is 68.9 cm³/mol. The first kappa shape index (κ1) is 12.8. The van der Waals surface area contributed by atoms with Crippen molar-refractivity contribution in [2.24, 2.45) is 5.92 Å². The van der Waals surface area contributed by atoms with Crippen LogP contribution >= 0.6 is 0 Å². The van der Waals surface area contributed by atoms with Crippen LogP contribution < -0.4 is 11.1 Å². The summed E-state index contributed by atoms with van der Waals surface area (Å²) in [7, 11) is 0. The molecule has 0 unspecified atom stereocenters. The molecule has 0 amide bonds. The lowest BCUT2D eigenvalue weighted by Crippen LogP contribution is -2.40. The van der Waals surface area contributed by atoms with E-state index in [0.717, 1.165) is 29.5 Å². The van der Waals surface area contributed by atoms with Gasteiger partial charge in [0, 0.05) is 25.0 Å². The molecular weight excluding hydrogens is 266 g/mol. The van der Waals surface area contributed by atoms with Crippen molar-refractivity contribution in [1.29, 1.82) is 0 Å². The first-order valence-electron chi connectivity index (χ1n) is 6.34. The van der Waals surface area contributed by atoms with Gasteiger partial charge in [-0.05, 0) is 30.9 Å². The van der Waals surface area contributed by atoms with Crippen LogP contribution in [0.25, 0.3) is 5.69 Å². The lowest BCUT2D eigenvalue weighted by molar-refractivity contribution is 0.507. The zero-order chi connectivity index (χ0) is 14.3. The summed E-state index contributed by atoms with van der Waals surface area (Å²) in [6.07, 6.45) is 5.04. The van der Waals surface area contributed by atoms with Crippen LogP contribution in [0.4, 0.5) is 8.78 Å². The molecule has 1 heterocycles. The minimum Gasteiger partial charge on any atom is -0.309 e. The second-order valence-corrected chi connectivity index (χ2v) is 4.97. The summed E-state index contributed by atoms with van der Waals surface area (Å²) in [5.74, 6) is -1.59. The largest absolute Gasteiger partial charge is 0.320 e. The molecule has 4 nitrogen and oxygen atoms in total. The van der Waals surface area contributed by atoms with Gasteiger partial charge in [0.15, 0.2) is 11.6 Å². The maximum absolute atomic E-state index is 13.2. The number of hydrogen-bond acceptors (Lipinski definition) is 2. The van der Waals surface area contributed by atoms with E-state index in [9.17, 15) is 18.4 Å². The molecule has 1 aliphatic carbocycles. The van der Waals surface area contributed by atoms with Crippen molar-refractivity contribution in [3.63, 3.8) is 0 Å². The summed E-state index contributed by atoms with van der Waals surface area (Å²) in [5, 5.41) is 0. The predicted octanol–water partition coefficient (Wildman–Crippen LogP) is 1.69. The van der Waals surface area contributed by atoms with Crippen molar-refractivity contribution in [2.45, 2.75) is 19.4 Å². The molecule has 0 bridgehead atoms. The van der Waals surface area contributed by atoms with E-state index in [2.05, 4.69) is 0 Å². The van der Waals surface area contributed by atoms with Crippen LogP contribution in [0.2, 0.25) is 0 Å². The molecule has 1 aliphatic rings. The van der Waals surface area contributed by atoms with Gasteiger partial charge in [-0.15, -0.1) is 0 Å². The third kappa shape index (κ3) is 2.29. The summed E-state index contributed by atoms with van der Waals surface area (Å²) in [5.41, 5.74) is -1.28. The summed E-state index contributed by atoms with van der Waals surface area (Å²) in [6, 6.07) is 3.07. The molecule has 3 rings (SSSR count). The molecule has 6 heteroatoms. The van der Waals surface area contributed by atoms with Crippen molar-refractivity contribution in [2.75, 3.05) is 0 Å². The van der Waals surface area contributed by atoms with Crippen LogP contribution in [0, 0.1) is 17.6 Å². The first-order chi connectivity index (χ1) is 9.56. The van der Waals surface area contributed by atoms with Gasteiger partial charge in [-0.3, -0.25) is 14.2 Å². The average molecular weight is 278 g/mol. The third-order valence-electron chi connectivity index (χ3n) is 3.39. The van der Waals surface area contributed by atoms with Gasteiger partial charge in [0.1, 0.15) is 0 Å². The molecule has 0 N–H and O–H groups in total. The van der Waals surface area contributed by atoms with E-state index in [1.807, 2.05) is 0 Å². The van der Waals surface area contributed by atoms with E-state index >= 15 is 0 Å². The van der Waals surface area contributed by atoms with E-state index in [4.69, 9.17) is 0 Å². The Kier molecular flexibility index (Phi) is 3.00. The van der Waals surface area contributed by atoms with E-state index in [1.165, 1.54) is 23.0 Å². The van der Waals surface area contributed by atoms with E-state index in [1.54, 1.807) is 0 Å². The fraction of sp³-hybridized carbons (Fsp3) is 0.286. The zero-order valence-electron chi connectivity index (χ0n) is 10.6. The summed E-state index contributed by atoms with van der Waals surface area (Å²) < 4.78 is 28.5. The molecule has 1 aromatic heterocycles. The molecule has 0 radical (unpaired) electrons. The van der Waals surface area contributed by atoms with Gasteiger partial charge in [0.2, 0.25) is 0 Å². The van der Waals surface area contributed by atoms with Crippen molar-refractivity contribution in [1.82, 2.24) is 9.13 Å². The van der Waals surface area contributed by atoms with Crippen LogP contribution in [0.5, 0.6) is 0 Å². The van der Waals surface area contributed by atoms with Crippen molar-refractivity contribution in [3.05, 3.63) is 62.9 Å². The Hall–Kier alpha value is -2.24. The average Bonchev–Trinajstić information content (AvgIpc) is 3.23. The number of nitrogens with zero attached hydrogens (tertiary/aromatic N) is 2. The number of halogens is 2. The van der Waals surface area contributed by atoms with Gasteiger partial charge in [0.05, 0.1) is 5.69 Å².